The maximum absolute atomic E-state index is 12.5. The van der Waals surface area contributed by atoms with Crippen molar-refractivity contribution in [2.75, 3.05) is 19.6 Å². The third kappa shape index (κ3) is 2.85. The fourth-order valence-electron chi connectivity index (χ4n) is 2.82. The molecule has 0 bridgehead atoms. The Morgan fingerprint density at radius 3 is 2.72 bits per heavy atom. The molecule has 2 rings (SSSR count). The SMILES string of the molecule is CC(C)CCN1CCC(=O)N2CCCCC2C1=O. The van der Waals surface area contributed by atoms with Crippen molar-refractivity contribution in [3.63, 3.8) is 0 Å². The molecule has 1 unspecified atom stereocenters. The minimum atomic E-state index is -0.166. The standard InChI is InChI=1S/C14H24N2O2/c1-11(2)6-9-15-10-7-13(17)16-8-4-3-5-12(16)14(15)18/h11-12H,3-10H2,1-2H3. The summed E-state index contributed by atoms with van der Waals surface area (Å²) in [6.45, 7) is 6.51. The van der Waals surface area contributed by atoms with E-state index in [2.05, 4.69) is 13.8 Å². The molecule has 0 radical (unpaired) electrons. The number of amides is 2. The molecule has 102 valence electrons. The molecule has 0 N–H and O–H groups in total. The first-order chi connectivity index (χ1) is 8.59. The number of nitrogens with zero attached hydrogens (tertiary/aromatic N) is 2. The largest absolute Gasteiger partial charge is 0.340 e. The van der Waals surface area contributed by atoms with E-state index in [1.165, 1.54) is 0 Å². The van der Waals surface area contributed by atoms with E-state index in [-0.39, 0.29) is 17.9 Å². The Morgan fingerprint density at radius 2 is 2.00 bits per heavy atom. The summed E-state index contributed by atoms with van der Waals surface area (Å²) in [5.74, 6) is 0.945. The molecule has 0 aromatic heterocycles. The first-order valence-electron chi connectivity index (χ1n) is 7.18. The van der Waals surface area contributed by atoms with Gasteiger partial charge < -0.3 is 9.80 Å². The number of carbonyl (C=O) groups is 2. The average molecular weight is 252 g/mol. The quantitative estimate of drug-likeness (QED) is 0.766. The zero-order valence-corrected chi connectivity index (χ0v) is 11.5. The summed E-state index contributed by atoms with van der Waals surface area (Å²) in [5, 5.41) is 0. The Kier molecular flexibility index (Phi) is 4.25. The molecule has 2 fully saturated rings. The molecule has 2 saturated heterocycles. The van der Waals surface area contributed by atoms with E-state index in [0.29, 0.717) is 18.9 Å². The molecule has 18 heavy (non-hydrogen) atoms. The number of hydrogen-bond acceptors (Lipinski definition) is 2. The van der Waals surface area contributed by atoms with Crippen molar-refractivity contribution in [2.24, 2.45) is 5.92 Å². The second-order valence-electron chi connectivity index (χ2n) is 5.86. The van der Waals surface area contributed by atoms with Crippen LogP contribution in [0.3, 0.4) is 0 Å². The molecule has 2 heterocycles. The molecule has 0 aromatic carbocycles. The molecular formula is C14H24N2O2. The van der Waals surface area contributed by atoms with Gasteiger partial charge in [-0.25, -0.2) is 0 Å². The maximum Gasteiger partial charge on any atom is 0.245 e. The first-order valence-corrected chi connectivity index (χ1v) is 7.18. The zero-order chi connectivity index (χ0) is 13.1. The first kappa shape index (κ1) is 13.4. The highest BCUT2D eigenvalue weighted by atomic mass is 16.2. The van der Waals surface area contributed by atoms with Gasteiger partial charge >= 0.3 is 0 Å². The minimum absolute atomic E-state index is 0.166. The van der Waals surface area contributed by atoms with Crippen molar-refractivity contribution in [1.29, 1.82) is 0 Å². The molecule has 0 aliphatic carbocycles. The van der Waals surface area contributed by atoms with Crippen molar-refractivity contribution in [3.8, 4) is 0 Å². The van der Waals surface area contributed by atoms with Crippen LogP contribution in [0.1, 0.15) is 46.0 Å². The monoisotopic (exact) mass is 252 g/mol. The van der Waals surface area contributed by atoms with E-state index < -0.39 is 0 Å². The van der Waals surface area contributed by atoms with Crippen LogP contribution in [0.5, 0.6) is 0 Å². The number of hydrogen-bond donors (Lipinski definition) is 0. The van der Waals surface area contributed by atoms with Gasteiger partial charge in [-0.1, -0.05) is 13.8 Å². The average Bonchev–Trinajstić information content (AvgIpc) is 2.48. The lowest BCUT2D eigenvalue weighted by Gasteiger charge is -2.34. The van der Waals surface area contributed by atoms with Gasteiger partial charge in [0.1, 0.15) is 6.04 Å². The van der Waals surface area contributed by atoms with Gasteiger partial charge in [0.05, 0.1) is 0 Å². The third-order valence-electron chi connectivity index (χ3n) is 3.99. The van der Waals surface area contributed by atoms with E-state index in [4.69, 9.17) is 0 Å². The summed E-state index contributed by atoms with van der Waals surface area (Å²) in [6.07, 6.45) is 4.48. The highest BCUT2D eigenvalue weighted by Crippen LogP contribution is 2.23. The van der Waals surface area contributed by atoms with E-state index in [1.807, 2.05) is 9.80 Å². The summed E-state index contributed by atoms with van der Waals surface area (Å²) in [6, 6.07) is -0.166. The summed E-state index contributed by atoms with van der Waals surface area (Å²) >= 11 is 0. The Bertz CT molecular complexity index is 328. The molecule has 4 heteroatoms. The van der Waals surface area contributed by atoms with Crippen LogP contribution in [-0.2, 0) is 9.59 Å². The van der Waals surface area contributed by atoms with Crippen molar-refractivity contribution >= 4 is 11.8 Å². The highest BCUT2D eigenvalue weighted by Gasteiger charge is 2.37. The second-order valence-corrected chi connectivity index (χ2v) is 5.86. The Balaban J connectivity index is 2.06. The molecule has 2 aliphatic heterocycles. The summed E-state index contributed by atoms with van der Waals surface area (Å²) in [4.78, 5) is 28.2. The van der Waals surface area contributed by atoms with Crippen LogP contribution in [0.2, 0.25) is 0 Å². The van der Waals surface area contributed by atoms with Gasteiger partial charge in [0, 0.05) is 26.1 Å². The van der Waals surface area contributed by atoms with Gasteiger partial charge in [0.15, 0.2) is 0 Å². The van der Waals surface area contributed by atoms with Crippen LogP contribution in [0.4, 0.5) is 0 Å². The van der Waals surface area contributed by atoms with Crippen LogP contribution in [0.15, 0.2) is 0 Å². The predicted octanol–water partition coefficient (Wildman–Crippen LogP) is 1.65. The van der Waals surface area contributed by atoms with E-state index in [9.17, 15) is 9.59 Å². The van der Waals surface area contributed by atoms with Crippen molar-refractivity contribution < 1.29 is 9.59 Å². The van der Waals surface area contributed by atoms with Crippen LogP contribution in [-0.4, -0.2) is 47.3 Å². The lowest BCUT2D eigenvalue weighted by molar-refractivity contribution is -0.143. The van der Waals surface area contributed by atoms with Crippen molar-refractivity contribution in [1.82, 2.24) is 9.80 Å². The maximum atomic E-state index is 12.5. The van der Waals surface area contributed by atoms with Crippen LogP contribution in [0.25, 0.3) is 0 Å². The van der Waals surface area contributed by atoms with Gasteiger partial charge in [-0.15, -0.1) is 0 Å². The van der Waals surface area contributed by atoms with Crippen molar-refractivity contribution in [3.05, 3.63) is 0 Å². The Morgan fingerprint density at radius 1 is 1.22 bits per heavy atom. The number of carbonyl (C=O) groups excluding carboxylic acids is 2. The minimum Gasteiger partial charge on any atom is -0.340 e. The Labute approximate surface area is 109 Å². The van der Waals surface area contributed by atoms with Crippen LogP contribution >= 0.6 is 0 Å². The molecule has 0 saturated carbocycles. The molecule has 1 atom stereocenters. The van der Waals surface area contributed by atoms with E-state index in [0.717, 1.165) is 38.8 Å². The molecule has 2 aliphatic rings. The smallest absolute Gasteiger partial charge is 0.245 e. The molecular weight excluding hydrogens is 228 g/mol. The second kappa shape index (κ2) is 5.72. The fourth-order valence-corrected chi connectivity index (χ4v) is 2.82. The molecule has 0 spiro atoms. The zero-order valence-electron chi connectivity index (χ0n) is 11.5. The number of piperidine rings is 1. The van der Waals surface area contributed by atoms with Crippen LogP contribution in [0, 0.1) is 5.92 Å². The van der Waals surface area contributed by atoms with Crippen LogP contribution < -0.4 is 0 Å². The third-order valence-corrected chi connectivity index (χ3v) is 3.99. The Hall–Kier alpha value is -1.06. The lowest BCUT2D eigenvalue weighted by atomic mass is 10.0. The number of rotatable bonds is 3. The number of fused-ring (bicyclic) bond motifs is 1. The predicted molar refractivity (Wildman–Crippen MR) is 70.0 cm³/mol. The topological polar surface area (TPSA) is 40.6 Å². The lowest BCUT2D eigenvalue weighted by Crippen LogP contribution is -2.49. The summed E-state index contributed by atoms with van der Waals surface area (Å²) in [5.41, 5.74) is 0. The molecule has 4 nitrogen and oxygen atoms in total. The fraction of sp³-hybridized carbons (Fsp3) is 0.857. The van der Waals surface area contributed by atoms with Crippen molar-refractivity contribution in [2.45, 2.75) is 52.0 Å². The summed E-state index contributed by atoms with van der Waals surface area (Å²) < 4.78 is 0. The van der Waals surface area contributed by atoms with Gasteiger partial charge in [-0.05, 0) is 31.6 Å². The summed E-state index contributed by atoms with van der Waals surface area (Å²) in [7, 11) is 0. The van der Waals surface area contributed by atoms with Gasteiger partial charge in [-0.2, -0.15) is 0 Å². The van der Waals surface area contributed by atoms with Gasteiger partial charge in [0.2, 0.25) is 11.8 Å². The van der Waals surface area contributed by atoms with Gasteiger partial charge in [0.25, 0.3) is 0 Å². The van der Waals surface area contributed by atoms with Gasteiger partial charge in [-0.3, -0.25) is 9.59 Å². The molecule has 0 aromatic rings. The van der Waals surface area contributed by atoms with E-state index >= 15 is 0 Å². The van der Waals surface area contributed by atoms with E-state index in [1.54, 1.807) is 0 Å². The molecule has 2 amide bonds. The normalized spacial score (nSPS) is 25.4. The highest BCUT2D eigenvalue weighted by molar-refractivity contribution is 5.90.